The molecule has 1 aliphatic carbocycles. The highest BCUT2D eigenvalue weighted by molar-refractivity contribution is 5.89. The molecular formula is C28H37FN4O2. The van der Waals surface area contributed by atoms with Crippen molar-refractivity contribution in [3.8, 4) is 11.3 Å². The number of likely N-dealkylation sites (tertiary alicyclic amines) is 1. The predicted octanol–water partition coefficient (Wildman–Crippen LogP) is 5.37. The van der Waals surface area contributed by atoms with Crippen LogP contribution in [0.1, 0.15) is 82.8 Å². The molecule has 35 heavy (non-hydrogen) atoms. The lowest BCUT2D eigenvalue weighted by atomic mass is 9.83. The fraction of sp³-hybridized carbons (Fsp3) is 0.571. The molecule has 1 saturated carbocycles. The molecule has 188 valence electrons. The topological polar surface area (TPSA) is 75.2 Å². The van der Waals surface area contributed by atoms with E-state index in [1.54, 1.807) is 12.1 Å². The molecule has 3 unspecified atom stereocenters. The zero-order chi connectivity index (χ0) is 24.9. The maximum Gasteiger partial charge on any atom is 0.246 e. The summed E-state index contributed by atoms with van der Waals surface area (Å²) in [5.41, 5.74) is 2.34. The van der Waals surface area contributed by atoms with Crippen LogP contribution in [0.25, 0.3) is 11.3 Å². The van der Waals surface area contributed by atoms with Crippen LogP contribution in [0.5, 0.6) is 0 Å². The molecule has 1 aliphatic heterocycles. The highest BCUT2D eigenvalue weighted by Gasteiger charge is 2.39. The van der Waals surface area contributed by atoms with Crippen molar-refractivity contribution >= 4 is 11.8 Å². The zero-order valence-corrected chi connectivity index (χ0v) is 21.1. The normalized spacial score (nSPS) is 20.5. The molecule has 4 rings (SSSR count). The van der Waals surface area contributed by atoms with Gasteiger partial charge in [0.25, 0.3) is 0 Å². The molecule has 0 bridgehead atoms. The van der Waals surface area contributed by atoms with E-state index in [0.29, 0.717) is 12.4 Å². The third-order valence-electron chi connectivity index (χ3n) is 7.62. The first-order chi connectivity index (χ1) is 16.9. The first kappa shape index (κ1) is 25.3. The van der Waals surface area contributed by atoms with Crippen LogP contribution >= 0.6 is 0 Å². The Morgan fingerprint density at radius 2 is 1.80 bits per heavy atom. The Labute approximate surface area is 207 Å². The van der Waals surface area contributed by atoms with Crippen molar-refractivity contribution in [1.82, 2.24) is 20.2 Å². The molecule has 2 amide bonds. The van der Waals surface area contributed by atoms with Crippen LogP contribution in [-0.2, 0) is 9.59 Å². The average Bonchev–Trinajstić information content (AvgIpc) is 3.37. The molecule has 2 aliphatic rings. The van der Waals surface area contributed by atoms with Crippen molar-refractivity contribution in [3.05, 3.63) is 47.7 Å². The summed E-state index contributed by atoms with van der Waals surface area (Å²) in [4.78, 5) is 38.0. The Morgan fingerprint density at radius 3 is 2.49 bits per heavy atom. The Hall–Kier alpha value is -2.83. The van der Waals surface area contributed by atoms with Gasteiger partial charge < -0.3 is 10.2 Å². The van der Waals surface area contributed by atoms with E-state index in [0.717, 1.165) is 61.9 Å². The smallest absolute Gasteiger partial charge is 0.246 e. The van der Waals surface area contributed by atoms with Gasteiger partial charge in [-0.15, -0.1) is 0 Å². The minimum Gasteiger partial charge on any atom is -0.344 e. The van der Waals surface area contributed by atoms with Crippen LogP contribution in [0.3, 0.4) is 0 Å². The van der Waals surface area contributed by atoms with Crippen LogP contribution in [-0.4, -0.2) is 39.3 Å². The number of carbonyl (C=O) groups is 2. The van der Waals surface area contributed by atoms with Crippen LogP contribution in [0.2, 0.25) is 0 Å². The van der Waals surface area contributed by atoms with Crippen LogP contribution < -0.4 is 5.32 Å². The number of amides is 2. The summed E-state index contributed by atoms with van der Waals surface area (Å²) in [5.74, 6) is 0.355. The monoisotopic (exact) mass is 480 g/mol. The molecular weight excluding hydrogens is 443 g/mol. The highest BCUT2D eigenvalue weighted by atomic mass is 19.1. The van der Waals surface area contributed by atoms with E-state index >= 15 is 0 Å². The van der Waals surface area contributed by atoms with Crippen LogP contribution in [0, 0.1) is 24.6 Å². The van der Waals surface area contributed by atoms with Gasteiger partial charge >= 0.3 is 0 Å². The summed E-state index contributed by atoms with van der Waals surface area (Å²) in [6.07, 6.45) is 7.79. The fourth-order valence-electron chi connectivity index (χ4n) is 5.38. The lowest BCUT2D eigenvalue weighted by Gasteiger charge is -2.35. The maximum atomic E-state index is 14.0. The Balaban J connectivity index is 1.61. The third kappa shape index (κ3) is 5.88. The molecule has 1 N–H and O–H groups in total. The van der Waals surface area contributed by atoms with E-state index in [9.17, 15) is 14.0 Å². The van der Waals surface area contributed by atoms with Crippen molar-refractivity contribution in [2.75, 3.05) is 6.54 Å². The van der Waals surface area contributed by atoms with E-state index in [-0.39, 0.29) is 35.5 Å². The number of hydrogen-bond acceptors (Lipinski definition) is 4. The maximum absolute atomic E-state index is 14.0. The lowest BCUT2D eigenvalue weighted by molar-refractivity contribution is -0.140. The first-order valence-electron chi connectivity index (χ1n) is 13.1. The minimum atomic E-state index is -0.489. The van der Waals surface area contributed by atoms with Crippen molar-refractivity contribution in [1.29, 1.82) is 0 Å². The summed E-state index contributed by atoms with van der Waals surface area (Å²) in [7, 11) is 0. The molecule has 1 saturated heterocycles. The number of hydrogen-bond donors (Lipinski definition) is 1. The number of carbonyl (C=O) groups excluding carboxylic acids is 2. The number of aromatic nitrogens is 2. The SMILES string of the molecule is CCC(C)C(=O)NC(C(=O)N1CCCC1c1cc(-c2ccc(F)cc2)nc(C)n1)C1CCCCC1. The van der Waals surface area contributed by atoms with E-state index in [1.165, 1.54) is 18.6 Å². The second-order valence-electron chi connectivity index (χ2n) is 10.1. The molecule has 2 fully saturated rings. The quantitative estimate of drug-likeness (QED) is 0.578. The predicted molar refractivity (Wildman–Crippen MR) is 134 cm³/mol. The summed E-state index contributed by atoms with van der Waals surface area (Å²) in [5, 5.41) is 3.14. The largest absolute Gasteiger partial charge is 0.344 e. The van der Waals surface area contributed by atoms with Gasteiger partial charge in [0.05, 0.1) is 17.4 Å². The number of nitrogens with zero attached hydrogens (tertiary/aromatic N) is 3. The van der Waals surface area contributed by atoms with Crippen molar-refractivity contribution < 1.29 is 14.0 Å². The Morgan fingerprint density at radius 1 is 1.09 bits per heavy atom. The molecule has 0 radical (unpaired) electrons. The molecule has 6 nitrogen and oxygen atoms in total. The molecule has 3 atom stereocenters. The van der Waals surface area contributed by atoms with Crippen LogP contribution in [0.15, 0.2) is 30.3 Å². The second kappa shape index (κ2) is 11.3. The van der Waals surface area contributed by atoms with Gasteiger partial charge in [0.15, 0.2) is 0 Å². The molecule has 1 aromatic carbocycles. The van der Waals surface area contributed by atoms with Gasteiger partial charge in [0.1, 0.15) is 17.7 Å². The van der Waals surface area contributed by atoms with Gasteiger partial charge in [0, 0.05) is 18.0 Å². The standard InChI is InChI=1S/C28H37FN4O2/c1-4-18(2)27(34)32-26(21-9-6-5-7-10-21)28(35)33-16-8-11-25(33)24-17-23(30-19(3)31-24)20-12-14-22(29)15-13-20/h12-15,17-18,21,25-26H,4-11,16H2,1-3H3,(H,32,34). The van der Waals surface area contributed by atoms with Gasteiger partial charge in [-0.1, -0.05) is 33.1 Å². The zero-order valence-electron chi connectivity index (χ0n) is 21.1. The number of rotatable bonds is 7. The third-order valence-corrected chi connectivity index (χ3v) is 7.62. The summed E-state index contributed by atoms with van der Waals surface area (Å²) in [6.45, 7) is 6.40. The number of aryl methyl sites for hydroxylation is 1. The fourth-order valence-corrected chi connectivity index (χ4v) is 5.38. The Kier molecular flexibility index (Phi) is 8.14. The first-order valence-corrected chi connectivity index (χ1v) is 13.1. The summed E-state index contributed by atoms with van der Waals surface area (Å²) >= 11 is 0. The van der Waals surface area contributed by atoms with Crippen molar-refractivity contribution in [2.45, 2.75) is 84.2 Å². The second-order valence-corrected chi connectivity index (χ2v) is 10.1. The highest BCUT2D eigenvalue weighted by Crippen LogP contribution is 2.35. The summed E-state index contributed by atoms with van der Waals surface area (Å²) < 4.78 is 13.4. The Bertz CT molecular complexity index is 1040. The van der Waals surface area contributed by atoms with Gasteiger partial charge in [-0.3, -0.25) is 9.59 Å². The van der Waals surface area contributed by atoms with E-state index in [1.807, 2.05) is 31.7 Å². The van der Waals surface area contributed by atoms with E-state index in [4.69, 9.17) is 4.98 Å². The number of benzene rings is 1. The van der Waals surface area contributed by atoms with Crippen LogP contribution in [0.4, 0.5) is 4.39 Å². The molecule has 7 heteroatoms. The molecule has 1 aromatic heterocycles. The van der Waals surface area contributed by atoms with Gasteiger partial charge in [-0.05, 0) is 75.3 Å². The summed E-state index contributed by atoms with van der Waals surface area (Å²) in [6, 6.07) is 7.54. The molecule has 0 spiro atoms. The number of halogens is 1. The number of nitrogens with one attached hydrogen (secondary N) is 1. The average molecular weight is 481 g/mol. The molecule has 2 aromatic rings. The van der Waals surface area contributed by atoms with Crippen molar-refractivity contribution in [3.63, 3.8) is 0 Å². The van der Waals surface area contributed by atoms with E-state index < -0.39 is 6.04 Å². The van der Waals surface area contributed by atoms with Gasteiger partial charge in [-0.2, -0.15) is 0 Å². The lowest BCUT2D eigenvalue weighted by Crippen LogP contribution is -2.53. The van der Waals surface area contributed by atoms with E-state index in [2.05, 4.69) is 10.3 Å². The molecule has 2 heterocycles. The van der Waals surface area contributed by atoms with Crippen molar-refractivity contribution in [2.24, 2.45) is 11.8 Å². The minimum absolute atomic E-state index is 0.00986. The van der Waals surface area contributed by atoms with Gasteiger partial charge in [0.2, 0.25) is 11.8 Å². The van der Waals surface area contributed by atoms with Gasteiger partial charge in [-0.25, -0.2) is 14.4 Å².